The highest BCUT2D eigenvalue weighted by atomic mass is 19.4. The van der Waals surface area contributed by atoms with Crippen LogP contribution in [-0.4, -0.2) is 23.7 Å². The van der Waals surface area contributed by atoms with Crippen LogP contribution in [0.15, 0.2) is 18.3 Å². The van der Waals surface area contributed by atoms with E-state index >= 15 is 0 Å². The lowest BCUT2D eigenvalue weighted by molar-refractivity contribution is -0.155. The molecule has 1 atom stereocenters. The Morgan fingerprint density at radius 1 is 1.29 bits per heavy atom. The first kappa shape index (κ1) is 14.0. The molecule has 17 heavy (non-hydrogen) atoms. The summed E-state index contributed by atoms with van der Waals surface area (Å²) in [5.74, 6) is 0. The van der Waals surface area contributed by atoms with Gasteiger partial charge in [-0.2, -0.15) is 13.2 Å². The molecule has 0 fully saturated rings. The first-order valence-electron chi connectivity index (χ1n) is 5.71. The van der Waals surface area contributed by atoms with Gasteiger partial charge in [-0.25, -0.2) is 0 Å². The van der Waals surface area contributed by atoms with Crippen molar-refractivity contribution in [3.8, 4) is 0 Å². The van der Waals surface area contributed by atoms with Crippen LogP contribution >= 0.6 is 0 Å². The Labute approximate surface area is 99.3 Å². The summed E-state index contributed by atoms with van der Waals surface area (Å²) in [5, 5.41) is 2.43. The standard InChI is InChI=1S/C12H17F3N2/c1-3-9-5-6-10(17-8-9)7-11(16-4-2)12(13,14)15/h5-6,8,11,16H,3-4,7H2,1-2H3. The SMILES string of the molecule is CCNC(Cc1ccc(CC)cn1)C(F)(F)F. The fourth-order valence-electron chi connectivity index (χ4n) is 1.54. The molecule has 1 rings (SSSR count). The number of aryl methyl sites for hydroxylation is 1. The molecule has 0 aromatic carbocycles. The smallest absolute Gasteiger partial charge is 0.306 e. The van der Waals surface area contributed by atoms with Gasteiger partial charge in [-0.05, 0) is 24.6 Å². The largest absolute Gasteiger partial charge is 0.404 e. The predicted octanol–water partition coefficient (Wildman–Crippen LogP) is 2.73. The molecule has 0 saturated carbocycles. The molecule has 2 nitrogen and oxygen atoms in total. The molecular weight excluding hydrogens is 229 g/mol. The molecule has 1 aromatic heterocycles. The van der Waals surface area contributed by atoms with Crippen molar-refractivity contribution in [2.45, 2.75) is 38.9 Å². The fraction of sp³-hybridized carbons (Fsp3) is 0.583. The Kier molecular flexibility index (Phi) is 4.93. The Morgan fingerprint density at radius 3 is 2.41 bits per heavy atom. The van der Waals surface area contributed by atoms with Gasteiger partial charge < -0.3 is 5.32 Å². The van der Waals surface area contributed by atoms with E-state index in [0.29, 0.717) is 5.69 Å². The van der Waals surface area contributed by atoms with Gasteiger partial charge in [0.05, 0.1) is 0 Å². The summed E-state index contributed by atoms with van der Waals surface area (Å²) in [4.78, 5) is 4.05. The van der Waals surface area contributed by atoms with Crippen molar-refractivity contribution in [3.05, 3.63) is 29.6 Å². The maximum Gasteiger partial charge on any atom is 0.404 e. The van der Waals surface area contributed by atoms with E-state index in [4.69, 9.17) is 0 Å². The van der Waals surface area contributed by atoms with Crippen LogP contribution in [0.5, 0.6) is 0 Å². The second-order valence-electron chi connectivity index (χ2n) is 3.87. The monoisotopic (exact) mass is 246 g/mol. The van der Waals surface area contributed by atoms with Crippen molar-refractivity contribution < 1.29 is 13.2 Å². The number of nitrogens with zero attached hydrogens (tertiary/aromatic N) is 1. The molecule has 0 aliphatic rings. The highest BCUT2D eigenvalue weighted by molar-refractivity contribution is 5.15. The summed E-state index contributed by atoms with van der Waals surface area (Å²) in [6.45, 7) is 3.93. The molecule has 0 bridgehead atoms. The third kappa shape index (κ3) is 4.34. The van der Waals surface area contributed by atoms with E-state index in [-0.39, 0.29) is 13.0 Å². The summed E-state index contributed by atoms with van der Waals surface area (Å²) in [6.07, 6.45) is -1.89. The summed E-state index contributed by atoms with van der Waals surface area (Å²) in [7, 11) is 0. The zero-order chi connectivity index (χ0) is 12.9. The van der Waals surface area contributed by atoms with E-state index in [1.165, 1.54) is 0 Å². The number of rotatable bonds is 5. The van der Waals surface area contributed by atoms with Gasteiger partial charge in [0.15, 0.2) is 0 Å². The summed E-state index contributed by atoms with van der Waals surface area (Å²) < 4.78 is 37.9. The van der Waals surface area contributed by atoms with Crippen molar-refractivity contribution in [2.75, 3.05) is 6.54 Å². The van der Waals surface area contributed by atoms with Gasteiger partial charge in [0.25, 0.3) is 0 Å². The van der Waals surface area contributed by atoms with Gasteiger partial charge in [0, 0.05) is 18.3 Å². The first-order valence-corrected chi connectivity index (χ1v) is 5.71. The van der Waals surface area contributed by atoms with Gasteiger partial charge >= 0.3 is 6.18 Å². The Bertz CT molecular complexity index is 333. The number of likely N-dealkylation sites (N-methyl/N-ethyl adjacent to an activating group) is 1. The Balaban J connectivity index is 2.72. The van der Waals surface area contributed by atoms with Crippen molar-refractivity contribution in [2.24, 2.45) is 0 Å². The van der Waals surface area contributed by atoms with E-state index in [0.717, 1.165) is 12.0 Å². The van der Waals surface area contributed by atoms with Crippen LogP contribution < -0.4 is 5.32 Å². The molecule has 1 unspecified atom stereocenters. The second-order valence-corrected chi connectivity index (χ2v) is 3.87. The molecule has 0 radical (unpaired) electrons. The maximum absolute atomic E-state index is 12.6. The van der Waals surface area contributed by atoms with E-state index in [9.17, 15) is 13.2 Å². The Hall–Kier alpha value is -1.10. The predicted molar refractivity (Wildman–Crippen MR) is 60.8 cm³/mol. The number of pyridine rings is 1. The molecule has 0 amide bonds. The van der Waals surface area contributed by atoms with Crippen LogP contribution in [0, 0.1) is 0 Å². The quantitative estimate of drug-likeness (QED) is 0.864. The molecule has 0 aliphatic heterocycles. The lowest BCUT2D eigenvalue weighted by Gasteiger charge is -2.20. The third-order valence-electron chi connectivity index (χ3n) is 2.55. The molecule has 1 aromatic rings. The highest BCUT2D eigenvalue weighted by Gasteiger charge is 2.39. The molecule has 1 N–H and O–H groups in total. The minimum atomic E-state index is -4.24. The number of alkyl halides is 3. The van der Waals surface area contributed by atoms with E-state index < -0.39 is 12.2 Å². The van der Waals surface area contributed by atoms with Crippen molar-refractivity contribution in [1.82, 2.24) is 10.3 Å². The minimum Gasteiger partial charge on any atom is -0.306 e. The minimum absolute atomic E-state index is 0.124. The number of hydrogen-bond acceptors (Lipinski definition) is 2. The first-order chi connectivity index (χ1) is 7.97. The molecule has 1 heterocycles. The number of nitrogens with one attached hydrogen (secondary N) is 1. The van der Waals surface area contributed by atoms with Gasteiger partial charge in [-0.1, -0.05) is 19.9 Å². The van der Waals surface area contributed by atoms with Crippen LogP contribution in [0.1, 0.15) is 25.1 Å². The van der Waals surface area contributed by atoms with Crippen LogP contribution in [0.3, 0.4) is 0 Å². The fourth-order valence-corrected chi connectivity index (χ4v) is 1.54. The van der Waals surface area contributed by atoms with Crippen molar-refractivity contribution in [1.29, 1.82) is 0 Å². The van der Waals surface area contributed by atoms with Gasteiger partial charge in [-0.3, -0.25) is 4.98 Å². The highest BCUT2D eigenvalue weighted by Crippen LogP contribution is 2.22. The van der Waals surface area contributed by atoms with Crippen molar-refractivity contribution >= 4 is 0 Å². The lowest BCUT2D eigenvalue weighted by atomic mass is 10.1. The van der Waals surface area contributed by atoms with Crippen LogP contribution in [0.4, 0.5) is 13.2 Å². The van der Waals surface area contributed by atoms with Gasteiger partial charge in [-0.15, -0.1) is 0 Å². The normalized spacial score (nSPS) is 13.7. The third-order valence-corrected chi connectivity index (χ3v) is 2.55. The summed E-state index contributed by atoms with van der Waals surface area (Å²) in [6, 6.07) is 1.96. The zero-order valence-electron chi connectivity index (χ0n) is 10.0. The summed E-state index contributed by atoms with van der Waals surface area (Å²) >= 11 is 0. The van der Waals surface area contributed by atoms with E-state index in [2.05, 4.69) is 10.3 Å². The molecule has 96 valence electrons. The Morgan fingerprint density at radius 2 is 2.00 bits per heavy atom. The second kappa shape index (κ2) is 6.00. The molecular formula is C12H17F3N2. The molecule has 0 saturated heterocycles. The molecule has 5 heteroatoms. The summed E-state index contributed by atoms with van der Waals surface area (Å²) in [5.41, 5.74) is 1.49. The average Bonchev–Trinajstić information content (AvgIpc) is 2.28. The molecule has 0 spiro atoms. The average molecular weight is 246 g/mol. The topological polar surface area (TPSA) is 24.9 Å². The van der Waals surface area contributed by atoms with Crippen LogP contribution in [0.25, 0.3) is 0 Å². The number of halogens is 3. The van der Waals surface area contributed by atoms with Gasteiger partial charge in [0.1, 0.15) is 6.04 Å². The molecule has 0 aliphatic carbocycles. The van der Waals surface area contributed by atoms with E-state index in [1.54, 1.807) is 19.2 Å². The lowest BCUT2D eigenvalue weighted by Crippen LogP contribution is -2.43. The van der Waals surface area contributed by atoms with Gasteiger partial charge in [0.2, 0.25) is 0 Å². The number of aromatic nitrogens is 1. The van der Waals surface area contributed by atoms with E-state index in [1.807, 2.05) is 13.0 Å². The van der Waals surface area contributed by atoms with Crippen LogP contribution in [-0.2, 0) is 12.8 Å². The van der Waals surface area contributed by atoms with Crippen LogP contribution in [0.2, 0.25) is 0 Å². The maximum atomic E-state index is 12.6. The van der Waals surface area contributed by atoms with Crippen molar-refractivity contribution in [3.63, 3.8) is 0 Å². The number of hydrogen-bond donors (Lipinski definition) is 1. The zero-order valence-corrected chi connectivity index (χ0v) is 10.0.